The minimum Gasteiger partial charge on any atom is -0.353 e. The quantitative estimate of drug-likeness (QED) is 0.457. The Balaban J connectivity index is 1.40. The molecule has 0 saturated carbocycles. The summed E-state index contributed by atoms with van der Waals surface area (Å²) in [4.78, 5) is 10.8. The van der Waals surface area contributed by atoms with Crippen LogP contribution in [0.4, 0.5) is 10.2 Å². The minimum absolute atomic E-state index is 0.0194. The summed E-state index contributed by atoms with van der Waals surface area (Å²) in [6, 6.07) is 14.1. The molecule has 2 aromatic carbocycles. The Hall–Kier alpha value is -3.88. The smallest absolute Gasteiger partial charge is 0.244 e. The number of hydrogen-bond donors (Lipinski definition) is 0. The fourth-order valence-corrected chi connectivity index (χ4v) is 5.48. The number of benzene rings is 2. The number of halogens is 1. The molecule has 0 N–H and O–H groups in total. The van der Waals surface area contributed by atoms with Gasteiger partial charge in [0.25, 0.3) is 0 Å². The first-order chi connectivity index (χ1) is 16.0. The van der Waals surface area contributed by atoms with Gasteiger partial charge in [0.2, 0.25) is 10.0 Å². The second kappa shape index (κ2) is 8.23. The first-order valence-electron chi connectivity index (χ1n) is 10.2. The van der Waals surface area contributed by atoms with Crippen LogP contribution in [-0.2, 0) is 10.0 Å². The van der Waals surface area contributed by atoms with E-state index in [1.54, 1.807) is 35.1 Å². The Morgan fingerprint density at radius 3 is 2.42 bits per heavy atom. The molecular formula is C22H18FN7O2S. The summed E-state index contributed by atoms with van der Waals surface area (Å²) in [5.41, 5.74) is 1.37. The predicted molar refractivity (Wildman–Crippen MR) is 119 cm³/mol. The highest BCUT2D eigenvalue weighted by Crippen LogP contribution is 2.27. The fraction of sp³-hybridized carbons (Fsp3) is 0.182. The zero-order valence-electron chi connectivity index (χ0n) is 17.3. The van der Waals surface area contributed by atoms with Crippen molar-refractivity contribution in [2.75, 3.05) is 31.1 Å². The molecule has 0 bridgehead atoms. The van der Waals surface area contributed by atoms with Crippen LogP contribution in [0.15, 0.2) is 66.0 Å². The molecule has 0 atom stereocenters. The van der Waals surface area contributed by atoms with E-state index in [-0.39, 0.29) is 29.4 Å². The summed E-state index contributed by atoms with van der Waals surface area (Å²) < 4.78 is 42.5. The number of nitrogens with zero attached hydrogens (tertiary/aromatic N) is 7. The maximum Gasteiger partial charge on any atom is 0.244 e. The van der Waals surface area contributed by atoms with Gasteiger partial charge in [-0.25, -0.2) is 27.5 Å². The average Bonchev–Trinajstić information content (AvgIpc) is 3.29. The van der Waals surface area contributed by atoms with E-state index in [9.17, 15) is 18.1 Å². The van der Waals surface area contributed by atoms with Crippen molar-refractivity contribution >= 4 is 26.9 Å². The third-order valence-electron chi connectivity index (χ3n) is 5.58. The Morgan fingerprint density at radius 1 is 0.970 bits per heavy atom. The highest BCUT2D eigenvalue weighted by molar-refractivity contribution is 7.89. The van der Waals surface area contributed by atoms with Crippen molar-refractivity contribution in [1.29, 1.82) is 5.26 Å². The molecular weight excluding hydrogens is 445 g/mol. The highest BCUT2D eigenvalue weighted by Gasteiger charge is 2.31. The molecule has 1 saturated heterocycles. The number of fused-ring (bicyclic) bond motifs is 1. The molecule has 0 radical (unpaired) electrons. The summed E-state index contributed by atoms with van der Waals surface area (Å²) in [6.45, 7) is 1.34. The summed E-state index contributed by atoms with van der Waals surface area (Å²) in [7, 11) is -3.78. The molecule has 0 aliphatic carbocycles. The fourth-order valence-electron chi connectivity index (χ4n) is 3.92. The average molecular weight is 463 g/mol. The molecule has 0 amide bonds. The van der Waals surface area contributed by atoms with Crippen LogP contribution in [0.1, 0.15) is 5.56 Å². The van der Waals surface area contributed by atoms with Crippen molar-refractivity contribution in [1.82, 2.24) is 24.1 Å². The number of hydrogen-bond acceptors (Lipinski definition) is 7. The van der Waals surface area contributed by atoms with Gasteiger partial charge in [-0.2, -0.15) is 14.7 Å². The lowest BCUT2D eigenvalue weighted by molar-refractivity contribution is 0.384. The lowest BCUT2D eigenvalue weighted by Gasteiger charge is -2.34. The number of nitriles is 1. The lowest BCUT2D eigenvalue weighted by Crippen LogP contribution is -2.49. The van der Waals surface area contributed by atoms with Gasteiger partial charge in [-0.05, 0) is 36.4 Å². The van der Waals surface area contributed by atoms with Gasteiger partial charge in [-0.3, -0.25) is 0 Å². The minimum atomic E-state index is -3.78. The summed E-state index contributed by atoms with van der Waals surface area (Å²) in [5.74, 6) is 0.318. The first kappa shape index (κ1) is 21.0. The van der Waals surface area contributed by atoms with E-state index in [1.165, 1.54) is 34.9 Å². The van der Waals surface area contributed by atoms with Gasteiger partial charge in [0.05, 0.1) is 27.7 Å². The maximum atomic E-state index is 13.3. The van der Waals surface area contributed by atoms with E-state index in [1.807, 2.05) is 11.0 Å². The van der Waals surface area contributed by atoms with Gasteiger partial charge < -0.3 is 4.90 Å². The number of aromatic nitrogens is 4. The molecule has 11 heteroatoms. The van der Waals surface area contributed by atoms with E-state index in [0.29, 0.717) is 35.6 Å². The molecule has 2 aromatic heterocycles. The molecule has 1 aliphatic rings. The molecule has 1 aliphatic heterocycles. The van der Waals surface area contributed by atoms with Crippen molar-refractivity contribution in [3.8, 4) is 11.8 Å². The van der Waals surface area contributed by atoms with Crippen molar-refractivity contribution in [2.24, 2.45) is 0 Å². The second-order valence-electron chi connectivity index (χ2n) is 7.47. The zero-order chi connectivity index (χ0) is 23.0. The van der Waals surface area contributed by atoms with E-state index in [0.717, 1.165) is 0 Å². The van der Waals surface area contributed by atoms with Crippen LogP contribution in [0.2, 0.25) is 0 Å². The molecule has 9 nitrogen and oxygen atoms in total. The summed E-state index contributed by atoms with van der Waals surface area (Å²) in [5, 5.41) is 14.4. The van der Waals surface area contributed by atoms with E-state index in [4.69, 9.17) is 0 Å². The zero-order valence-corrected chi connectivity index (χ0v) is 18.2. The van der Waals surface area contributed by atoms with Crippen LogP contribution < -0.4 is 4.90 Å². The molecule has 0 spiro atoms. The third kappa shape index (κ3) is 3.69. The van der Waals surface area contributed by atoms with Gasteiger partial charge >= 0.3 is 0 Å². The molecule has 33 heavy (non-hydrogen) atoms. The summed E-state index contributed by atoms with van der Waals surface area (Å²) in [6.07, 6.45) is 3.09. The van der Waals surface area contributed by atoms with Gasteiger partial charge in [-0.1, -0.05) is 12.1 Å². The molecule has 0 unspecified atom stereocenters. The second-order valence-corrected chi connectivity index (χ2v) is 9.37. The van der Waals surface area contributed by atoms with Gasteiger partial charge in [0.1, 0.15) is 24.0 Å². The number of sulfonamides is 1. The van der Waals surface area contributed by atoms with Crippen LogP contribution in [0.25, 0.3) is 16.7 Å². The van der Waals surface area contributed by atoms with Crippen molar-refractivity contribution in [2.45, 2.75) is 4.90 Å². The van der Waals surface area contributed by atoms with Gasteiger partial charge in [-0.15, -0.1) is 0 Å². The largest absolute Gasteiger partial charge is 0.353 e. The van der Waals surface area contributed by atoms with Crippen LogP contribution in [0, 0.1) is 17.1 Å². The van der Waals surface area contributed by atoms with Crippen molar-refractivity contribution in [3.05, 3.63) is 72.4 Å². The Kier molecular flexibility index (Phi) is 5.24. The van der Waals surface area contributed by atoms with Crippen molar-refractivity contribution < 1.29 is 12.8 Å². The van der Waals surface area contributed by atoms with E-state index in [2.05, 4.69) is 15.1 Å². The normalized spacial score (nSPS) is 15.0. The number of piperazine rings is 1. The molecule has 1 fully saturated rings. The standard InChI is InChI=1S/C22H18FN7O2S/c23-17-5-7-18(8-6-17)30-22-19(14-27-30)21(25-15-26-22)28-9-11-29(12-10-28)33(31,32)20-4-2-1-3-16(20)13-24/h1-8,14-15H,9-12H2. The molecule has 3 heterocycles. The van der Waals surface area contributed by atoms with Crippen LogP contribution in [0.3, 0.4) is 0 Å². The van der Waals surface area contributed by atoms with Crippen LogP contribution >= 0.6 is 0 Å². The van der Waals surface area contributed by atoms with Crippen molar-refractivity contribution in [3.63, 3.8) is 0 Å². The monoisotopic (exact) mass is 463 g/mol. The van der Waals surface area contributed by atoms with E-state index < -0.39 is 10.0 Å². The Labute approximate surface area is 189 Å². The SMILES string of the molecule is N#Cc1ccccc1S(=O)(=O)N1CCN(c2ncnc3c2cnn3-c2ccc(F)cc2)CC1. The van der Waals surface area contributed by atoms with Crippen LogP contribution in [-0.4, -0.2) is 58.7 Å². The predicted octanol–water partition coefficient (Wildman–Crippen LogP) is 2.34. The first-order valence-corrected chi connectivity index (χ1v) is 11.6. The Bertz CT molecular complexity index is 1470. The third-order valence-corrected chi connectivity index (χ3v) is 7.54. The van der Waals surface area contributed by atoms with Gasteiger partial charge in [0.15, 0.2) is 5.65 Å². The molecule has 5 rings (SSSR count). The van der Waals surface area contributed by atoms with E-state index >= 15 is 0 Å². The molecule has 4 aromatic rings. The number of anilines is 1. The number of rotatable bonds is 4. The molecule has 166 valence electrons. The maximum absolute atomic E-state index is 13.3. The topological polar surface area (TPSA) is 108 Å². The lowest BCUT2D eigenvalue weighted by atomic mass is 10.2. The Morgan fingerprint density at radius 2 is 1.70 bits per heavy atom. The van der Waals surface area contributed by atoms with Crippen LogP contribution in [0.5, 0.6) is 0 Å². The summed E-state index contributed by atoms with van der Waals surface area (Å²) >= 11 is 0. The highest BCUT2D eigenvalue weighted by atomic mass is 32.2. The van der Waals surface area contributed by atoms with Gasteiger partial charge in [0, 0.05) is 26.2 Å².